The second-order valence-corrected chi connectivity index (χ2v) is 4.22. The first-order valence-electron chi connectivity index (χ1n) is 5.30. The van der Waals surface area contributed by atoms with Crippen LogP contribution in [0.3, 0.4) is 0 Å². The van der Waals surface area contributed by atoms with E-state index in [0.29, 0.717) is 10.7 Å². The number of aromatic nitrogens is 1. The van der Waals surface area contributed by atoms with E-state index < -0.39 is 17.7 Å². The zero-order valence-electron chi connectivity index (χ0n) is 9.28. The monoisotopic (exact) mass is 269 g/mol. The smallest absolute Gasteiger partial charge is 0.129 e. The molecule has 0 saturated heterocycles. The van der Waals surface area contributed by atoms with Crippen molar-refractivity contribution in [2.24, 2.45) is 0 Å². The highest BCUT2D eigenvalue weighted by molar-refractivity contribution is 6.29. The van der Waals surface area contributed by atoms with E-state index in [2.05, 4.69) is 4.98 Å². The Morgan fingerprint density at radius 3 is 2.39 bits per heavy atom. The van der Waals surface area contributed by atoms with Gasteiger partial charge >= 0.3 is 0 Å². The number of hydrogen-bond acceptors (Lipinski definition) is 2. The molecule has 0 saturated carbocycles. The Hall–Kier alpha value is -1.52. The molecule has 1 aromatic carbocycles. The fourth-order valence-electron chi connectivity index (χ4n) is 1.62. The molecule has 0 aliphatic rings. The first-order chi connectivity index (χ1) is 8.58. The molecular formula is C13H10ClF2NO. The van der Waals surface area contributed by atoms with Crippen LogP contribution in [0.25, 0.3) is 0 Å². The number of pyridine rings is 1. The van der Waals surface area contributed by atoms with E-state index >= 15 is 0 Å². The summed E-state index contributed by atoms with van der Waals surface area (Å²) in [5, 5.41) is 10.2. The molecule has 0 aliphatic carbocycles. The van der Waals surface area contributed by atoms with Gasteiger partial charge in [0.15, 0.2) is 0 Å². The Labute approximate surface area is 108 Å². The summed E-state index contributed by atoms with van der Waals surface area (Å²) in [6.07, 6.45) is 0.203. The van der Waals surface area contributed by atoms with Gasteiger partial charge < -0.3 is 5.11 Å². The van der Waals surface area contributed by atoms with Gasteiger partial charge in [-0.1, -0.05) is 23.7 Å². The molecule has 0 radical (unpaired) electrons. The molecule has 2 aromatic rings. The Kier molecular flexibility index (Phi) is 3.89. The first-order valence-corrected chi connectivity index (χ1v) is 5.68. The molecule has 1 unspecified atom stereocenters. The van der Waals surface area contributed by atoms with E-state index in [4.69, 9.17) is 11.6 Å². The predicted octanol–water partition coefficient (Wildman–Crippen LogP) is 3.29. The average Bonchev–Trinajstić information content (AvgIpc) is 2.34. The van der Waals surface area contributed by atoms with Gasteiger partial charge in [0.05, 0.1) is 6.10 Å². The van der Waals surface area contributed by atoms with Gasteiger partial charge in [-0.25, -0.2) is 13.8 Å². The highest BCUT2D eigenvalue weighted by atomic mass is 35.5. The van der Waals surface area contributed by atoms with Crippen molar-refractivity contribution >= 4 is 11.6 Å². The third-order valence-electron chi connectivity index (χ3n) is 2.59. The number of benzene rings is 1. The largest absolute Gasteiger partial charge is 0.388 e. The van der Waals surface area contributed by atoms with Crippen LogP contribution in [0.2, 0.25) is 5.15 Å². The number of rotatable bonds is 3. The van der Waals surface area contributed by atoms with Crippen LogP contribution in [0.15, 0.2) is 36.5 Å². The van der Waals surface area contributed by atoms with Gasteiger partial charge in [0.25, 0.3) is 0 Å². The lowest BCUT2D eigenvalue weighted by molar-refractivity contribution is 0.175. The molecule has 0 fully saturated rings. The number of aliphatic hydroxyl groups is 1. The number of aliphatic hydroxyl groups excluding tert-OH is 1. The van der Waals surface area contributed by atoms with Crippen molar-refractivity contribution < 1.29 is 13.9 Å². The van der Waals surface area contributed by atoms with Gasteiger partial charge in [-0.15, -0.1) is 0 Å². The Balaban J connectivity index is 2.21. The Morgan fingerprint density at radius 2 is 1.83 bits per heavy atom. The van der Waals surface area contributed by atoms with E-state index in [-0.39, 0.29) is 12.0 Å². The van der Waals surface area contributed by atoms with Crippen LogP contribution in [-0.4, -0.2) is 10.1 Å². The van der Waals surface area contributed by atoms with E-state index in [1.54, 1.807) is 6.07 Å². The van der Waals surface area contributed by atoms with Crippen LogP contribution in [0.1, 0.15) is 17.2 Å². The van der Waals surface area contributed by atoms with E-state index in [1.807, 2.05) is 0 Å². The molecule has 0 aliphatic heterocycles. The van der Waals surface area contributed by atoms with Crippen molar-refractivity contribution in [1.82, 2.24) is 4.98 Å². The highest BCUT2D eigenvalue weighted by Gasteiger charge is 2.15. The zero-order chi connectivity index (χ0) is 13.1. The summed E-state index contributed by atoms with van der Waals surface area (Å²) in [7, 11) is 0. The molecule has 2 rings (SSSR count). The summed E-state index contributed by atoms with van der Waals surface area (Å²) in [5.41, 5.74) is 0.321. The van der Waals surface area contributed by atoms with Crippen LogP contribution in [0, 0.1) is 11.6 Å². The maximum Gasteiger partial charge on any atom is 0.129 e. The number of halogens is 3. The van der Waals surface area contributed by atoms with Crippen molar-refractivity contribution in [2.45, 2.75) is 12.5 Å². The molecule has 0 spiro atoms. The van der Waals surface area contributed by atoms with Crippen molar-refractivity contribution in [2.75, 3.05) is 0 Å². The maximum absolute atomic E-state index is 13.4. The maximum atomic E-state index is 13.4. The molecule has 0 bridgehead atoms. The number of nitrogens with zero attached hydrogens (tertiary/aromatic N) is 1. The van der Waals surface area contributed by atoms with Gasteiger partial charge in [0.2, 0.25) is 0 Å². The first kappa shape index (κ1) is 12.9. The standard InChI is InChI=1S/C13H10ClF2NO/c14-13-5-4-8(7-17-13)12(18)6-9-10(15)2-1-3-11(9)16/h1-5,7,12,18H,6H2. The topological polar surface area (TPSA) is 33.1 Å². The predicted molar refractivity (Wildman–Crippen MR) is 64.3 cm³/mol. The molecule has 2 nitrogen and oxygen atoms in total. The van der Waals surface area contributed by atoms with Crippen molar-refractivity contribution in [1.29, 1.82) is 0 Å². The van der Waals surface area contributed by atoms with Crippen molar-refractivity contribution in [3.63, 3.8) is 0 Å². The molecule has 94 valence electrons. The van der Waals surface area contributed by atoms with Crippen molar-refractivity contribution in [3.8, 4) is 0 Å². The minimum absolute atomic E-state index is 0.139. The third kappa shape index (κ3) is 2.83. The summed E-state index contributed by atoms with van der Waals surface area (Å²) in [6.45, 7) is 0. The summed E-state index contributed by atoms with van der Waals surface area (Å²) in [6, 6.07) is 6.68. The highest BCUT2D eigenvalue weighted by Crippen LogP contribution is 2.22. The summed E-state index contributed by atoms with van der Waals surface area (Å²) in [5.74, 6) is -1.34. The summed E-state index contributed by atoms with van der Waals surface area (Å²) >= 11 is 5.61. The zero-order valence-corrected chi connectivity index (χ0v) is 10.0. The molecule has 0 amide bonds. The van der Waals surface area contributed by atoms with Gasteiger partial charge in [-0.2, -0.15) is 0 Å². The third-order valence-corrected chi connectivity index (χ3v) is 2.82. The SMILES string of the molecule is OC(Cc1c(F)cccc1F)c1ccc(Cl)nc1. The lowest BCUT2D eigenvalue weighted by Crippen LogP contribution is -2.06. The van der Waals surface area contributed by atoms with Crippen molar-refractivity contribution in [3.05, 3.63) is 64.4 Å². The van der Waals surface area contributed by atoms with Crippen LogP contribution in [0.5, 0.6) is 0 Å². The Morgan fingerprint density at radius 1 is 1.17 bits per heavy atom. The van der Waals surface area contributed by atoms with Gasteiger partial charge in [-0.3, -0.25) is 0 Å². The average molecular weight is 270 g/mol. The second kappa shape index (κ2) is 5.42. The molecule has 18 heavy (non-hydrogen) atoms. The van der Waals surface area contributed by atoms with E-state index in [1.165, 1.54) is 18.3 Å². The van der Waals surface area contributed by atoms with Gasteiger partial charge in [0, 0.05) is 18.2 Å². The normalized spacial score (nSPS) is 12.4. The molecule has 1 aromatic heterocycles. The number of hydrogen-bond donors (Lipinski definition) is 1. The minimum Gasteiger partial charge on any atom is -0.388 e. The van der Waals surface area contributed by atoms with E-state index in [0.717, 1.165) is 12.1 Å². The Bertz CT molecular complexity index is 525. The minimum atomic E-state index is -1.03. The fourth-order valence-corrected chi connectivity index (χ4v) is 1.73. The molecule has 1 N–H and O–H groups in total. The quantitative estimate of drug-likeness (QED) is 0.868. The molecule has 1 heterocycles. The fraction of sp³-hybridized carbons (Fsp3) is 0.154. The summed E-state index contributed by atoms with van der Waals surface area (Å²) < 4.78 is 26.8. The summed E-state index contributed by atoms with van der Waals surface area (Å²) in [4.78, 5) is 3.80. The van der Waals surface area contributed by atoms with Gasteiger partial charge in [-0.05, 0) is 23.8 Å². The molecule has 5 heteroatoms. The van der Waals surface area contributed by atoms with E-state index in [9.17, 15) is 13.9 Å². The molecule has 1 atom stereocenters. The van der Waals surface area contributed by atoms with Crippen LogP contribution in [0.4, 0.5) is 8.78 Å². The molecular weight excluding hydrogens is 260 g/mol. The second-order valence-electron chi connectivity index (χ2n) is 3.83. The lowest BCUT2D eigenvalue weighted by Gasteiger charge is -2.12. The lowest BCUT2D eigenvalue weighted by atomic mass is 10.0. The van der Waals surface area contributed by atoms with Crippen LogP contribution < -0.4 is 0 Å². The van der Waals surface area contributed by atoms with Crippen LogP contribution in [-0.2, 0) is 6.42 Å². The van der Waals surface area contributed by atoms with Crippen LogP contribution >= 0.6 is 11.6 Å². The van der Waals surface area contributed by atoms with Gasteiger partial charge in [0.1, 0.15) is 16.8 Å².